The van der Waals surface area contributed by atoms with Gasteiger partial charge in [-0.2, -0.15) is 0 Å². The average molecular weight is 213 g/mol. The molecule has 3 rings (SSSR count). The minimum Gasteiger partial charge on any atom is -0.344 e. The first-order chi connectivity index (χ1) is 7.66. The van der Waals surface area contributed by atoms with Crippen LogP contribution in [0.25, 0.3) is 10.9 Å². The van der Waals surface area contributed by atoms with Gasteiger partial charge in [0.05, 0.1) is 0 Å². The van der Waals surface area contributed by atoms with Crippen LogP contribution in [0.5, 0.6) is 0 Å². The second-order valence-corrected chi connectivity index (χ2v) is 4.76. The van der Waals surface area contributed by atoms with Crippen molar-refractivity contribution in [2.24, 2.45) is 0 Å². The van der Waals surface area contributed by atoms with Crippen LogP contribution in [0.3, 0.4) is 0 Å². The minimum atomic E-state index is 0.160. The number of rotatable bonds is 2. The summed E-state index contributed by atoms with van der Waals surface area (Å²) in [6.45, 7) is 3.74. The van der Waals surface area contributed by atoms with Crippen LogP contribution >= 0.6 is 0 Å². The summed E-state index contributed by atoms with van der Waals surface area (Å²) < 4.78 is 2.28. The third-order valence-electron chi connectivity index (χ3n) is 3.31. The third kappa shape index (κ3) is 1.37. The first-order valence-corrected chi connectivity index (χ1v) is 5.79. The summed E-state index contributed by atoms with van der Waals surface area (Å²) in [6.07, 6.45) is 4.52. The second-order valence-electron chi connectivity index (χ2n) is 4.76. The molecular formula is C14H15NO. The lowest BCUT2D eigenvalue weighted by atomic mass is 10.1. The fraction of sp³-hybridized carbons (Fsp3) is 0.357. The van der Waals surface area contributed by atoms with Crippen LogP contribution < -0.4 is 0 Å². The van der Waals surface area contributed by atoms with E-state index in [4.69, 9.17) is 0 Å². The van der Waals surface area contributed by atoms with Crippen LogP contribution in [0.1, 0.15) is 41.7 Å². The van der Waals surface area contributed by atoms with E-state index in [1.807, 2.05) is 6.20 Å². The Kier molecular flexibility index (Phi) is 1.93. The molecule has 1 aromatic carbocycles. The van der Waals surface area contributed by atoms with Crippen LogP contribution in [-0.4, -0.2) is 10.4 Å². The van der Waals surface area contributed by atoms with Crippen LogP contribution in [0.2, 0.25) is 0 Å². The number of aromatic nitrogens is 1. The van der Waals surface area contributed by atoms with Crippen LogP contribution in [0, 0.1) is 6.92 Å². The van der Waals surface area contributed by atoms with Crippen molar-refractivity contribution < 1.29 is 4.79 Å². The van der Waals surface area contributed by atoms with Gasteiger partial charge in [0, 0.05) is 28.7 Å². The van der Waals surface area contributed by atoms with E-state index in [0.717, 1.165) is 10.9 Å². The van der Waals surface area contributed by atoms with Gasteiger partial charge in [-0.05, 0) is 38.3 Å². The number of benzene rings is 1. The molecule has 0 aliphatic heterocycles. The maximum Gasteiger partial charge on any atom is 0.161 e. The van der Waals surface area contributed by atoms with Gasteiger partial charge in [0.25, 0.3) is 0 Å². The SMILES string of the molecule is CC(=O)c1cn(C2CC2)c2cc(C)ccc12. The van der Waals surface area contributed by atoms with Gasteiger partial charge < -0.3 is 4.57 Å². The highest BCUT2D eigenvalue weighted by molar-refractivity contribution is 6.07. The summed E-state index contributed by atoms with van der Waals surface area (Å²) in [5.74, 6) is 0.160. The van der Waals surface area contributed by atoms with Crippen molar-refractivity contribution in [1.29, 1.82) is 0 Å². The standard InChI is InChI=1S/C14H15NO/c1-9-3-6-12-13(10(2)16)8-15(11-4-5-11)14(12)7-9/h3,6-8,11H,4-5H2,1-2H3. The van der Waals surface area contributed by atoms with E-state index in [9.17, 15) is 4.79 Å². The van der Waals surface area contributed by atoms with Gasteiger partial charge >= 0.3 is 0 Å². The fourth-order valence-electron chi connectivity index (χ4n) is 2.30. The Balaban J connectivity index is 2.32. The number of nitrogens with zero attached hydrogens (tertiary/aromatic N) is 1. The van der Waals surface area contributed by atoms with E-state index in [1.165, 1.54) is 23.9 Å². The number of hydrogen-bond donors (Lipinski definition) is 0. The molecule has 1 aromatic heterocycles. The van der Waals surface area contributed by atoms with Gasteiger partial charge in [0.15, 0.2) is 5.78 Å². The Morgan fingerprint density at radius 3 is 2.75 bits per heavy atom. The fourth-order valence-corrected chi connectivity index (χ4v) is 2.30. The van der Waals surface area contributed by atoms with Gasteiger partial charge in [-0.15, -0.1) is 0 Å². The molecule has 0 radical (unpaired) electrons. The molecular weight excluding hydrogens is 198 g/mol. The van der Waals surface area contributed by atoms with Crippen molar-refractivity contribution in [3.05, 3.63) is 35.5 Å². The number of ketones is 1. The summed E-state index contributed by atoms with van der Waals surface area (Å²) >= 11 is 0. The van der Waals surface area contributed by atoms with E-state index >= 15 is 0 Å². The molecule has 0 unspecified atom stereocenters. The van der Waals surface area contributed by atoms with Crippen molar-refractivity contribution in [1.82, 2.24) is 4.57 Å². The Morgan fingerprint density at radius 1 is 1.38 bits per heavy atom. The maximum absolute atomic E-state index is 11.6. The van der Waals surface area contributed by atoms with Gasteiger partial charge in [-0.3, -0.25) is 4.79 Å². The molecule has 0 spiro atoms. The quantitative estimate of drug-likeness (QED) is 0.700. The van der Waals surface area contributed by atoms with Crippen molar-refractivity contribution in [3.8, 4) is 0 Å². The number of aryl methyl sites for hydroxylation is 1. The Hall–Kier alpha value is -1.57. The number of carbonyl (C=O) groups is 1. The van der Waals surface area contributed by atoms with Gasteiger partial charge in [-0.1, -0.05) is 12.1 Å². The molecule has 2 nitrogen and oxygen atoms in total. The normalized spacial score (nSPS) is 15.6. The molecule has 1 saturated carbocycles. The Morgan fingerprint density at radius 2 is 2.12 bits per heavy atom. The number of Topliss-reactive ketones (excluding diaryl/α,β-unsaturated/α-hetero) is 1. The zero-order chi connectivity index (χ0) is 11.3. The minimum absolute atomic E-state index is 0.160. The zero-order valence-corrected chi connectivity index (χ0v) is 9.66. The molecule has 0 saturated heterocycles. The van der Waals surface area contributed by atoms with Crippen molar-refractivity contribution in [2.45, 2.75) is 32.7 Å². The van der Waals surface area contributed by atoms with Gasteiger partial charge in [0.1, 0.15) is 0 Å². The number of fused-ring (bicyclic) bond motifs is 1. The highest BCUT2D eigenvalue weighted by Gasteiger charge is 2.26. The summed E-state index contributed by atoms with van der Waals surface area (Å²) in [4.78, 5) is 11.6. The highest BCUT2D eigenvalue weighted by Crippen LogP contribution is 2.39. The number of hydrogen-bond acceptors (Lipinski definition) is 1. The molecule has 16 heavy (non-hydrogen) atoms. The predicted octanol–water partition coefficient (Wildman–Crippen LogP) is 3.49. The van der Waals surface area contributed by atoms with Crippen LogP contribution in [0.15, 0.2) is 24.4 Å². The molecule has 2 aromatic rings. The lowest BCUT2D eigenvalue weighted by Crippen LogP contribution is -1.91. The molecule has 0 atom stereocenters. The molecule has 1 fully saturated rings. The van der Waals surface area contributed by atoms with E-state index in [1.54, 1.807) is 6.92 Å². The van der Waals surface area contributed by atoms with Gasteiger partial charge in [-0.25, -0.2) is 0 Å². The summed E-state index contributed by atoms with van der Waals surface area (Å²) in [5, 5.41) is 1.10. The zero-order valence-electron chi connectivity index (χ0n) is 9.66. The summed E-state index contributed by atoms with van der Waals surface area (Å²) in [6, 6.07) is 6.95. The molecule has 1 heterocycles. The number of carbonyl (C=O) groups excluding carboxylic acids is 1. The van der Waals surface area contributed by atoms with E-state index in [-0.39, 0.29) is 5.78 Å². The Labute approximate surface area is 94.9 Å². The molecule has 0 bridgehead atoms. The lowest BCUT2D eigenvalue weighted by Gasteiger charge is -2.02. The molecule has 2 heteroatoms. The topological polar surface area (TPSA) is 22.0 Å². The van der Waals surface area contributed by atoms with E-state index < -0.39 is 0 Å². The molecule has 1 aliphatic carbocycles. The molecule has 1 aliphatic rings. The first kappa shape index (κ1) is 9.64. The van der Waals surface area contributed by atoms with Crippen molar-refractivity contribution in [2.75, 3.05) is 0 Å². The van der Waals surface area contributed by atoms with Gasteiger partial charge in [0.2, 0.25) is 0 Å². The third-order valence-corrected chi connectivity index (χ3v) is 3.31. The lowest BCUT2D eigenvalue weighted by molar-refractivity contribution is 0.101. The van der Waals surface area contributed by atoms with Crippen molar-refractivity contribution in [3.63, 3.8) is 0 Å². The molecule has 82 valence electrons. The maximum atomic E-state index is 11.6. The monoisotopic (exact) mass is 213 g/mol. The highest BCUT2D eigenvalue weighted by atomic mass is 16.1. The van der Waals surface area contributed by atoms with Crippen LogP contribution in [0.4, 0.5) is 0 Å². The van der Waals surface area contributed by atoms with E-state index in [2.05, 4.69) is 29.7 Å². The first-order valence-electron chi connectivity index (χ1n) is 5.79. The van der Waals surface area contributed by atoms with E-state index in [0.29, 0.717) is 6.04 Å². The van der Waals surface area contributed by atoms with Crippen molar-refractivity contribution >= 4 is 16.7 Å². The Bertz CT molecular complexity index is 576. The largest absolute Gasteiger partial charge is 0.344 e. The summed E-state index contributed by atoms with van der Waals surface area (Å²) in [5.41, 5.74) is 3.33. The van der Waals surface area contributed by atoms with Crippen LogP contribution in [-0.2, 0) is 0 Å². The average Bonchev–Trinajstić information content (AvgIpc) is 3.00. The second kappa shape index (κ2) is 3.21. The summed E-state index contributed by atoms with van der Waals surface area (Å²) in [7, 11) is 0. The smallest absolute Gasteiger partial charge is 0.161 e. The predicted molar refractivity (Wildman–Crippen MR) is 65.0 cm³/mol. The molecule has 0 N–H and O–H groups in total. The molecule has 0 amide bonds.